The highest BCUT2D eigenvalue weighted by atomic mass is 35.5. The summed E-state index contributed by atoms with van der Waals surface area (Å²) in [5, 5.41) is 5.28. The van der Waals surface area contributed by atoms with E-state index in [1.807, 2.05) is 12.1 Å². The van der Waals surface area contributed by atoms with Gasteiger partial charge in [-0.05, 0) is 35.9 Å². The van der Waals surface area contributed by atoms with Gasteiger partial charge < -0.3 is 25.7 Å². The molecule has 2 aromatic carbocycles. The van der Waals surface area contributed by atoms with Gasteiger partial charge in [-0.2, -0.15) is 0 Å². The highest BCUT2D eigenvalue weighted by Crippen LogP contribution is 2.34. The summed E-state index contributed by atoms with van der Waals surface area (Å²) in [7, 11) is 3.30. The summed E-state index contributed by atoms with van der Waals surface area (Å²) >= 11 is 9.91. The zero-order valence-corrected chi connectivity index (χ0v) is 28.0. The number of halogens is 1. The van der Waals surface area contributed by atoms with E-state index < -0.39 is 35.0 Å². The number of nitrogens with zero attached hydrogens (tertiary/aromatic N) is 4. The van der Waals surface area contributed by atoms with Gasteiger partial charge in [0.05, 0.1) is 62.2 Å². The standard InChI is InChI=1S/C14H10N4O6S2.C8H6N4S2.C3H3ClO3/c1-23-11(21)9(19)17-13-15-5-3-6-8(4-7(5)25-13)26-14(16-6)18-10(20)12(22)24-2;9-7-11-3-1-4-6(2-5(3)13-7)14-8(10)12-4;1-7-3(6)2(4)5/h3-4H,1-2H3,(H,15,17,19)(H,16,18,20);1-2H,(H2,9,11)(H2,10,12);1H3. The fourth-order valence-electron chi connectivity index (χ4n) is 3.40. The Hall–Kier alpha value is -5.09. The lowest BCUT2D eigenvalue weighted by molar-refractivity contribution is -0.150. The molecule has 0 fully saturated rings. The second kappa shape index (κ2) is 15.0. The smallest absolute Gasteiger partial charge is 0.396 e. The maximum Gasteiger partial charge on any atom is 0.396 e. The lowest BCUT2D eigenvalue weighted by Crippen LogP contribution is -2.23. The minimum absolute atomic E-state index is 0.243. The number of ether oxygens (including phenoxy) is 3. The minimum atomic E-state index is -1.09. The third kappa shape index (κ3) is 8.59. The Morgan fingerprint density at radius 3 is 1.23 bits per heavy atom. The summed E-state index contributed by atoms with van der Waals surface area (Å²) in [6.45, 7) is 0. The van der Waals surface area contributed by atoms with Crippen LogP contribution in [0.1, 0.15) is 0 Å². The molecule has 0 aliphatic carbocycles. The molecule has 0 unspecified atom stereocenters. The van der Waals surface area contributed by atoms with E-state index in [4.69, 9.17) is 11.5 Å². The molecule has 22 heteroatoms. The van der Waals surface area contributed by atoms with Gasteiger partial charge in [-0.25, -0.2) is 34.3 Å². The number of nitrogens with two attached hydrogens (primary N) is 2. The molecule has 0 atom stereocenters. The second-order valence-electron chi connectivity index (χ2n) is 8.37. The Kier molecular flexibility index (Phi) is 11.1. The van der Waals surface area contributed by atoms with Crippen LogP contribution in [0, 0.1) is 0 Å². The van der Waals surface area contributed by atoms with Gasteiger partial charge in [-0.3, -0.25) is 25.0 Å². The van der Waals surface area contributed by atoms with Gasteiger partial charge in [0.25, 0.3) is 0 Å². The number of nitrogen functional groups attached to an aromatic ring is 2. The Balaban J connectivity index is 0.000000197. The van der Waals surface area contributed by atoms with E-state index in [-0.39, 0.29) is 10.3 Å². The molecular formula is C25H19ClN8O9S4. The largest absolute Gasteiger partial charge is 0.462 e. The predicted molar refractivity (Wildman–Crippen MR) is 179 cm³/mol. The SMILES string of the molecule is COC(=O)C(=O)Cl.COC(=O)C(=O)Nc1nc2cc3nc(NC(=O)C(=O)OC)sc3cc2s1.Nc1nc2cc3nc(N)sc3cc2s1. The molecule has 0 saturated heterocycles. The van der Waals surface area contributed by atoms with E-state index in [0.29, 0.717) is 21.3 Å². The number of thiazole rings is 4. The third-order valence-corrected chi connectivity index (χ3v) is 9.07. The van der Waals surface area contributed by atoms with Crippen LogP contribution < -0.4 is 22.1 Å². The zero-order chi connectivity index (χ0) is 34.4. The number of rotatable bonds is 3. The van der Waals surface area contributed by atoms with E-state index in [9.17, 15) is 28.8 Å². The highest BCUT2D eigenvalue weighted by molar-refractivity contribution is 7.25. The monoisotopic (exact) mass is 738 g/mol. The molecule has 0 bridgehead atoms. The van der Waals surface area contributed by atoms with E-state index in [2.05, 4.69) is 56.4 Å². The summed E-state index contributed by atoms with van der Waals surface area (Å²) in [4.78, 5) is 81.6. The number of fused-ring (bicyclic) bond motifs is 4. The van der Waals surface area contributed by atoms with E-state index in [0.717, 1.165) is 51.2 Å². The quantitative estimate of drug-likeness (QED) is 0.0880. The molecule has 17 nitrogen and oxygen atoms in total. The average Bonchev–Trinajstić information content (AvgIpc) is 3.80. The summed E-state index contributed by atoms with van der Waals surface area (Å²) in [5.74, 6) is -4.89. The summed E-state index contributed by atoms with van der Waals surface area (Å²) < 4.78 is 16.2. The number of aromatic nitrogens is 4. The Morgan fingerprint density at radius 1 is 0.574 bits per heavy atom. The molecular weight excluding hydrogens is 720 g/mol. The summed E-state index contributed by atoms with van der Waals surface area (Å²) in [6, 6.07) is 7.40. The van der Waals surface area contributed by atoms with Crippen molar-refractivity contribution in [3.8, 4) is 0 Å². The first-order valence-corrected chi connectivity index (χ1v) is 16.0. The fraction of sp³-hybridized carbons (Fsp3) is 0.120. The highest BCUT2D eigenvalue weighted by Gasteiger charge is 2.19. The van der Waals surface area contributed by atoms with Crippen LogP contribution in [0.25, 0.3) is 40.9 Å². The number of carbonyl (C=O) groups excluding carboxylic acids is 6. The fourth-order valence-corrected chi connectivity index (χ4v) is 6.90. The molecule has 4 aromatic heterocycles. The molecule has 6 rings (SSSR count). The number of anilines is 4. The Morgan fingerprint density at radius 2 is 0.915 bits per heavy atom. The molecule has 0 aliphatic rings. The lowest BCUT2D eigenvalue weighted by atomic mass is 10.3. The van der Waals surface area contributed by atoms with Gasteiger partial charge in [0.2, 0.25) is 0 Å². The van der Waals surface area contributed by atoms with Crippen LogP contribution in [0.3, 0.4) is 0 Å². The normalized spacial score (nSPS) is 10.4. The van der Waals surface area contributed by atoms with Gasteiger partial charge in [-0.15, -0.1) is 0 Å². The van der Waals surface area contributed by atoms with Crippen molar-refractivity contribution in [2.24, 2.45) is 0 Å². The number of benzene rings is 2. The molecule has 0 radical (unpaired) electrons. The van der Waals surface area contributed by atoms with Gasteiger partial charge in [0.15, 0.2) is 20.5 Å². The van der Waals surface area contributed by atoms with E-state index >= 15 is 0 Å². The second-order valence-corrected chi connectivity index (χ2v) is 12.9. The number of esters is 3. The van der Waals surface area contributed by atoms with E-state index in [1.54, 1.807) is 12.1 Å². The van der Waals surface area contributed by atoms with Crippen molar-refractivity contribution < 1.29 is 43.0 Å². The van der Waals surface area contributed by atoms with Crippen LogP contribution >= 0.6 is 56.9 Å². The number of carbonyl (C=O) groups is 6. The molecule has 6 aromatic rings. The van der Waals surface area contributed by atoms with Crippen molar-refractivity contribution in [3.05, 3.63) is 24.3 Å². The predicted octanol–water partition coefficient (Wildman–Crippen LogP) is 3.12. The summed E-state index contributed by atoms with van der Waals surface area (Å²) in [5.41, 5.74) is 14.1. The Bertz CT molecular complexity index is 1960. The van der Waals surface area contributed by atoms with Gasteiger partial charge in [0.1, 0.15) is 0 Å². The minimum Gasteiger partial charge on any atom is -0.462 e. The molecule has 6 N–H and O–H groups in total. The molecule has 0 aliphatic heterocycles. The van der Waals surface area contributed by atoms with Crippen molar-refractivity contribution in [2.45, 2.75) is 0 Å². The van der Waals surface area contributed by atoms with Crippen LogP contribution in [0.5, 0.6) is 0 Å². The number of nitrogens with one attached hydrogen (secondary N) is 2. The number of amides is 2. The van der Waals surface area contributed by atoms with Gasteiger partial charge in [0, 0.05) is 0 Å². The van der Waals surface area contributed by atoms with E-state index in [1.165, 1.54) is 45.3 Å². The van der Waals surface area contributed by atoms with Crippen molar-refractivity contribution >= 4 is 153 Å². The number of methoxy groups -OCH3 is 3. The zero-order valence-electron chi connectivity index (χ0n) is 23.9. The number of hydrogen-bond acceptors (Lipinski definition) is 19. The van der Waals surface area contributed by atoms with Crippen molar-refractivity contribution in [1.82, 2.24) is 19.9 Å². The van der Waals surface area contributed by atoms with Gasteiger partial charge in [-0.1, -0.05) is 45.3 Å². The van der Waals surface area contributed by atoms with Crippen LogP contribution in [-0.2, 0) is 43.0 Å². The van der Waals surface area contributed by atoms with Crippen molar-refractivity contribution in [1.29, 1.82) is 0 Å². The molecule has 2 amide bonds. The lowest BCUT2D eigenvalue weighted by Gasteiger charge is -1.97. The average molecular weight is 739 g/mol. The third-order valence-electron chi connectivity index (χ3n) is 5.36. The number of hydrogen-bond donors (Lipinski definition) is 4. The topological polar surface area (TPSA) is 258 Å². The van der Waals surface area contributed by atoms with Gasteiger partial charge >= 0.3 is 35.0 Å². The molecule has 47 heavy (non-hydrogen) atoms. The maximum atomic E-state index is 11.5. The molecule has 4 heterocycles. The molecule has 0 saturated carbocycles. The van der Waals surface area contributed by atoms with Crippen LogP contribution in [-0.4, -0.2) is 76.2 Å². The maximum absolute atomic E-state index is 11.5. The first-order valence-electron chi connectivity index (χ1n) is 12.3. The molecule has 244 valence electrons. The van der Waals surface area contributed by atoms with Crippen LogP contribution in [0.4, 0.5) is 20.5 Å². The van der Waals surface area contributed by atoms with Crippen molar-refractivity contribution in [3.63, 3.8) is 0 Å². The molecule has 0 spiro atoms. The van der Waals surface area contributed by atoms with Crippen molar-refractivity contribution in [2.75, 3.05) is 43.4 Å². The Labute approximate surface area is 282 Å². The van der Waals surface area contributed by atoms with Crippen LogP contribution in [0.2, 0.25) is 0 Å². The summed E-state index contributed by atoms with van der Waals surface area (Å²) in [6.07, 6.45) is 0. The first-order chi connectivity index (χ1) is 22.3. The first kappa shape index (κ1) is 34.8. The van der Waals surface area contributed by atoms with Crippen LogP contribution in [0.15, 0.2) is 24.3 Å².